The number of carbonyl (C=O) groups is 2. The van der Waals surface area contributed by atoms with Crippen molar-refractivity contribution in [1.29, 1.82) is 0 Å². The number of hydrogen-bond acceptors (Lipinski definition) is 4. The first-order chi connectivity index (χ1) is 14.0. The molecule has 0 aliphatic carbocycles. The molecule has 2 aromatic rings. The summed E-state index contributed by atoms with van der Waals surface area (Å²) in [6, 6.07) is 8.30. The highest BCUT2D eigenvalue weighted by molar-refractivity contribution is 5.89. The van der Waals surface area contributed by atoms with Crippen LogP contribution in [0.25, 0.3) is 0 Å². The lowest BCUT2D eigenvalue weighted by atomic mass is 9.71. The van der Waals surface area contributed by atoms with E-state index in [1.165, 1.54) is 6.20 Å². The zero-order valence-electron chi connectivity index (χ0n) is 16.7. The second-order valence-corrected chi connectivity index (χ2v) is 8.05. The minimum absolute atomic E-state index is 0.122. The van der Waals surface area contributed by atoms with Crippen LogP contribution in [0.4, 0.5) is 0 Å². The van der Waals surface area contributed by atoms with Crippen LogP contribution < -0.4 is 0 Å². The summed E-state index contributed by atoms with van der Waals surface area (Å²) in [6.07, 6.45) is 5.92. The maximum atomic E-state index is 13.7. The molecule has 0 spiro atoms. The average molecular weight is 397 g/mol. The van der Waals surface area contributed by atoms with Gasteiger partial charge in [-0.25, -0.2) is 4.79 Å². The number of benzene rings is 1. The average Bonchev–Trinajstić information content (AvgIpc) is 3.25. The Kier molecular flexibility index (Phi) is 5.41. The quantitative estimate of drug-likeness (QED) is 0.858. The van der Waals surface area contributed by atoms with E-state index in [-0.39, 0.29) is 17.5 Å². The molecule has 2 aliphatic rings. The van der Waals surface area contributed by atoms with E-state index in [1.54, 1.807) is 10.9 Å². The van der Waals surface area contributed by atoms with Gasteiger partial charge in [-0.05, 0) is 43.7 Å². The van der Waals surface area contributed by atoms with Gasteiger partial charge >= 0.3 is 5.97 Å². The van der Waals surface area contributed by atoms with E-state index < -0.39 is 11.4 Å². The summed E-state index contributed by atoms with van der Waals surface area (Å²) >= 11 is 0. The smallest absolute Gasteiger partial charge is 0.338 e. The van der Waals surface area contributed by atoms with Crippen molar-refractivity contribution in [3.63, 3.8) is 0 Å². The molecule has 1 aromatic carbocycles. The molecule has 29 heavy (non-hydrogen) atoms. The number of piperidine rings is 1. The maximum Gasteiger partial charge on any atom is 0.338 e. The summed E-state index contributed by atoms with van der Waals surface area (Å²) in [6.45, 7) is 4.58. The van der Waals surface area contributed by atoms with E-state index in [0.717, 1.165) is 24.0 Å². The Morgan fingerprint density at radius 1 is 1.17 bits per heavy atom. The molecule has 1 N–H and O–H groups in total. The summed E-state index contributed by atoms with van der Waals surface area (Å²) in [5, 5.41) is 13.3. The number of aromatic nitrogens is 2. The van der Waals surface area contributed by atoms with Crippen LogP contribution in [0.5, 0.6) is 0 Å². The Balaban J connectivity index is 1.51. The van der Waals surface area contributed by atoms with Crippen molar-refractivity contribution in [2.45, 2.75) is 44.1 Å². The molecule has 4 rings (SSSR count). The minimum Gasteiger partial charge on any atom is -0.478 e. The third kappa shape index (κ3) is 3.67. The number of carboxylic acids is 1. The molecule has 7 nitrogen and oxygen atoms in total. The van der Waals surface area contributed by atoms with E-state index in [4.69, 9.17) is 9.84 Å². The molecule has 2 aliphatic heterocycles. The van der Waals surface area contributed by atoms with E-state index in [2.05, 4.69) is 24.2 Å². The van der Waals surface area contributed by atoms with Gasteiger partial charge in [0.2, 0.25) is 5.91 Å². The minimum atomic E-state index is -0.969. The Labute approximate surface area is 170 Å². The van der Waals surface area contributed by atoms with Gasteiger partial charge in [0.05, 0.1) is 23.2 Å². The standard InChI is InChI=1S/C22H27N3O4/c1-16-4-2-3-5-19(16)22(8-12-29-13-9-22)21(28)24-10-6-18(7-11-24)25-15-17(14-23-25)20(26)27/h2-5,14-15,18H,6-13H2,1H3,(H,26,27). The van der Waals surface area contributed by atoms with Crippen molar-refractivity contribution in [3.05, 3.63) is 53.3 Å². The zero-order chi connectivity index (χ0) is 20.4. The van der Waals surface area contributed by atoms with E-state index in [1.807, 2.05) is 17.0 Å². The third-order valence-corrected chi connectivity index (χ3v) is 6.39. The number of aromatic carboxylic acids is 1. The molecule has 0 bridgehead atoms. The van der Waals surface area contributed by atoms with E-state index >= 15 is 0 Å². The Bertz CT molecular complexity index is 893. The first-order valence-electron chi connectivity index (χ1n) is 10.2. The molecule has 0 saturated carbocycles. The topological polar surface area (TPSA) is 84.7 Å². The molecule has 0 atom stereocenters. The van der Waals surface area contributed by atoms with Crippen molar-refractivity contribution >= 4 is 11.9 Å². The molecule has 3 heterocycles. The maximum absolute atomic E-state index is 13.7. The van der Waals surface area contributed by atoms with Gasteiger partial charge in [-0.15, -0.1) is 0 Å². The van der Waals surface area contributed by atoms with Gasteiger partial charge in [0.25, 0.3) is 0 Å². The van der Waals surface area contributed by atoms with Crippen molar-refractivity contribution < 1.29 is 19.4 Å². The van der Waals surface area contributed by atoms with Crippen LogP contribution in [0.15, 0.2) is 36.7 Å². The van der Waals surface area contributed by atoms with Gasteiger partial charge in [-0.2, -0.15) is 5.10 Å². The number of ether oxygens (including phenoxy) is 1. The summed E-state index contributed by atoms with van der Waals surface area (Å²) in [7, 11) is 0. The number of carbonyl (C=O) groups excluding carboxylic acids is 1. The van der Waals surface area contributed by atoms with Crippen LogP contribution in [-0.2, 0) is 14.9 Å². The highest BCUT2D eigenvalue weighted by Crippen LogP contribution is 2.39. The van der Waals surface area contributed by atoms with Crippen LogP contribution in [0, 0.1) is 6.92 Å². The number of amides is 1. The van der Waals surface area contributed by atoms with Crippen molar-refractivity contribution in [2.24, 2.45) is 0 Å². The normalized spacial score (nSPS) is 19.8. The molecule has 0 radical (unpaired) electrons. The molecular formula is C22H27N3O4. The first-order valence-corrected chi connectivity index (χ1v) is 10.2. The lowest BCUT2D eigenvalue weighted by Gasteiger charge is -2.43. The molecule has 1 aromatic heterocycles. The molecule has 1 amide bonds. The highest BCUT2D eigenvalue weighted by Gasteiger charge is 2.45. The highest BCUT2D eigenvalue weighted by atomic mass is 16.5. The van der Waals surface area contributed by atoms with Crippen molar-refractivity contribution in [1.82, 2.24) is 14.7 Å². The van der Waals surface area contributed by atoms with Crippen molar-refractivity contribution in [2.75, 3.05) is 26.3 Å². The Morgan fingerprint density at radius 2 is 1.86 bits per heavy atom. The van der Waals surface area contributed by atoms with Crippen LogP contribution in [0.3, 0.4) is 0 Å². The first kappa shape index (κ1) is 19.6. The largest absolute Gasteiger partial charge is 0.478 e. The van der Waals surface area contributed by atoms with Gasteiger partial charge in [0, 0.05) is 32.5 Å². The number of aryl methyl sites for hydroxylation is 1. The monoisotopic (exact) mass is 397 g/mol. The van der Waals surface area contributed by atoms with E-state index in [0.29, 0.717) is 39.1 Å². The second kappa shape index (κ2) is 7.99. The van der Waals surface area contributed by atoms with Gasteiger partial charge in [0.1, 0.15) is 0 Å². The van der Waals surface area contributed by atoms with Gasteiger partial charge in [0.15, 0.2) is 0 Å². The van der Waals surface area contributed by atoms with Crippen LogP contribution >= 0.6 is 0 Å². The van der Waals surface area contributed by atoms with Crippen LogP contribution in [0.2, 0.25) is 0 Å². The lowest BCUT2D eigenvalue weighted by Crippen LogP contribution is -2.52. The third-order valence-electron chi connectivity index (χ3n) is 6.39. The lowest BCUT2D eigenvalue weighted by molar-refractivity contribution is -0.142. The second-order valence-electron chi connectivity index (χ2n) is 8.05. The van der Waals surface area contributed by atoms with Crippen LogP contribution in [0.1, 0.15) is 53.2 Å². The molecule has 7 heteroatoms. The Hall–Kier alpha value is -2.67. The fraction of sp³-hybridized carbons (Fsp3) is 0.500. The van der Waals surface area contributed by atoms with Gasteiger partial charge in [-0.3, -0.25) is 9.48 Å². The molecule has 0 unspecified atom stereocenters. The fourth-order valence-corrected chi connectivity index (χ4v) is 4.71. The van der Waals surface area contributed by atoms with Gasteiger partial charge in [-0.1, -0.05) is 24.3 Å². The summed E-state index contributed by atoms with van der Waals surface area (Å²) in [4.78, 5) is 26.8. The number of carboxylic acid groups (broad SMARTS) is 1. The predicted octanol–water partition coefficient (Wildman–Crippen LogP) is 2.80. The molecular weight excluding hydrogens is 370 g/mol. The molecule has 2 saturated heterocycles. The molecule has 154 valence electrons. The van der Waals surface area contributed by atoms with Gasteiger partial charge < -0.3 is 14.7 Å². The number of likely N-dealkylation sites (tertiary alicyclic amines) is 1. The van der Waals surface area contributed by atoms with Crippen molar-refractivity contribution in [3.8, 4) is 0 Å². The number of nitrogens with zero attached hydrogens (tertiary/aromatic N) is 3. The zero-order valence-corrected chi connectivity index (χ0v) is 16.7. The fourth-order valence-electron chi connectivity index (χ4n) is 4.71. The molecule has 2 fully saturated rings. The summed E-state index contributed by atoms with van der Waals surface area (Å²) in [5.74, 6) is -0.774. The summed E-state index contributed by atoms with van der Waals surface area (Å²) in [5.41, 5.74) is 1.95. The SMILES string of the molecule is Cc1ccccc1C1(C(=O)N2CCC(n3cc(C(=O)O)cn3)CC2)CCOCC1. The van der Waals surface area contributed by atoms with Crippen LogP contribution in [-0.4, -0.2) is 58.0 Å². The summed E-state index contributed by atoms with van der Waals surface area (Å²) < 4.78 is 7.32. The number of rotatable bonds is 4. The van der Waals surface area contributed by atoms with E-state index in [9.17, 15) is 9.59 Å². The Morgan fingerprint density at radius 3 is 2.48 bits per heavy atom. The number of hydrogen-bond donors (Lipinski definition) is 1. The predicted molar refractivity (Wildman–Crippen MR) is 107 cm³/mol.